The average molecular weight is 226 g/mol. The third-order valence-electron chi connectivity index (χ3n) is 3.19. The Hall–Kier alpha value is -0.840. The maximum absolute atomic E-state index is 5.26. The number of H-pyrrole nitrogens is 1. The standard InChI is InChI=1S/C10H18N4S/c1-7-5-4-6-8(2)13(7)14-9(3)11-12-10(14)15/h7-8H,4-6H2,1-3H3,(H,12,15). The van der Waals surface area contributed by atoms with Crippen LogP contribution in [0.2, 0.25) is 0 Å². The molecule has 15 heavy (non-hydrogen) atoms. The summed E-state index contributed by atoms with van der Waals surface area (Å²) in [4.78, 5) is 0. The average Bonchev–Trinajstić information content (AvgIpc) is 2.49. The molecule has 1 fully saturated rings. The molecular formula is C10H18N4S. The zero-order valence-corrected chi connectivity index (χ0v) is 10.3. The van der Waals surface area contributed by atoms with Gasteiger partial charge in [-0.2, -0.15) is 5.10 Å². The van der Waals surface area contributed by atoms with Gasteiger partial charge in [0.05, 0.1) is 0 Å². The van der Waals surface area contributed by atoms with Crippen molar-refractivity contribution < 1.29 is 0 Å². The van der Waals surface area contributed by atoms with Gasteiger partial charge in [0, 0.05) is 12.1 Å². The van der Waals surface area contributed by atoms with E-state index in [2.05, 4.69) is 29.1 Å². The van der Waals surface area contributed by atoms with Crippen LogP contribution in [0.1, 0.15) is 38.9 Å². The highest BCUT2D eigenvalue weighted by Crippen LogP contribution is 2.21. The number of hydrogen-bond donors (Lipinski definition) is 1. The fourth-order valence-electron chi connectivity index (χ4n) is 2.44. The third-order valence-corrected chi connectivity index (χ3v) is 3.45. The summed E-state index contributed by atoms with van der Waals surface area (Å²) in [5.41, 5.74) is 0. The molecule has 0 amide bonds. The Morgan fingerprint density at radius 3 is 2.40 bits per heavy atom. The summed E-state index contributed by atoms with van der Waals surface area (Å²) in [7, 11) is 0. The Labute approximate surface area is 95.3 Å². The lowest BCUT2D eigenvalue weighted by Crippen LogP contribution is -2.51. The topological polar surface area (TPSA) is 36.9 Å². The second kappa shape index (κ2) is 3.96. The lowest BCUT2D eigenvalue weighted by atomic mass is 10.00. The van der Waals surface area contributed by atoms with Crippen molar-refractivity contribution >= 4 is 12.2 Å². The molecule has 0 radical (unpaired) electrons. The minimum absolute atomic E-state index is 0.539. The molecule has 0 bridgehead atoms. The molecule has 0 aliphatic carbocycles. The first-order valence-electron chi connectivity index (χ1n) is 5.54. The fourth-order valence-corrected chi connectivity index (χ4v) is 2.72. The van der Waals surface area contributed by atoms with Gasteiger partial charge in [0.1, 0.15) is 5.82 Å². The van der Waals surface area contributed by atoms with Crippen molar-refractivity contribution in [3.05, 3.63) is 10.6 Å². The van der Waals surface area contributed by atoms with E-state index < -0.39 is 0 Å². The molecule has 0 spiro atoms. The first-order valence-corrected chi connectivity index (χ1v) is 5.94. The van der Waals surface area contributed by atoms with Crippen LogP contribution in [0, 0.1) is 11.7 Å². The van der Waals surface area contributed by atoms with Gasteiger partial charge >= 0.3 is 0 Å². The molecule has 0 aromatic carbocycles. The van der Waals surface area contributed by atoms with Crippen molar-refractivity contribution in [1.82, 2.24) is 14.9 Å². The van der Waals surface area contributed by atoms with E-state index in [1.54, 1.807) is 0 Å². The second-order valence-electron chi connectivity index (χ2n) is 4.40. The van der Waals surface area contributed by atoms with E-state index in [0.717, 1.165) is 5.82 Å². The molecule has 1 aromatic rings. The van der Waals surface area contributed by atoms with E-state index in [1.165, 1.54) is 19.3 Å². The summed E-state index contributed by atoms with van der Waals surface area (Å²) in [6.45, 7) is 6.49. The van der Waals surface area contributed by atoms with E-state index in [4.69, 9.17) is 12.2 Å². The van der Waals surface area contributed by atoms with Crippen LogP contribution < -0.4 is 5.01 Å². The SMILES string of the molecule is Cc1n[nH]c(=S)n1N1C(C)CCCC1C. The minimum Gasteiger partial charge on any atom is -0.303 e. The number of aromatic amines is 1. The van der Waals surface area contributed by atoms with Crippen LogP contribution in [-0.2, 0) is 0 Å². The summed E-state index contributed by atoms with van der Waals surface area (Å²) < 4.78 is 2.75. The fraction of sp³-hybridized carbons (Fsp3) is 0.800. The Bertz CT molecular complexity index is 384. The molecular weight excluding hydrogens is 208 g/mol. The molecule has 2 rings (SSSR count). The summed E-state index contributed by atoms with van der Waals surface area (Å²) in [5, 5.41) is 9.37. The minimum atomic E-state index is 0.539. The van der Waals surface area contributed by atoms with Crippen molar-refractivity contribution in [3.8, 4) is 0 Å². The van der Waals surface area contributed by atoms with Gasteiger partial charge in [-0.15, -0.1) is 0 Å². The summed E-state index contributed by atoms with van der Waals surface area (Å²) in [5.74, 6) is 0.945. The molecule has 5 heteroatoms. The number of rotatable bonds is 1. The van der Waals surface area contributed by atoms with Crippen LogP contribution in [-0.4, -0.2) is 27.0 Å². The Morgan fingerprint density at radius 2 is 1.93 bits per heavy atom. The van der Waals surface area contributed by atoms with E-state index in [1.807, 2.05) is 11.6 Å². The molecule has 1 N–H and O–H groups in total. The Balaban J connectivity index is 2.39. The van der Waals surface area contributed by atoms with Gasteiger partial charge in [-0.3, -0.25) is 5.10 Å². The zero-order valence-electron chi connectivity index (χ0n) is 9.53. The summed E-state index contributed by atoms with van der Waals surface area (Å²) in [6, 6.07) is 1.08. The normalized spacial score (nSPS) is 27.0. The quantitative estimate of drug-likeness (QED) is 0.745. The van der Waals surface area contributed by atoms with E-state index in [9.17, 15) is 0 Å². The summed E-state index contributed by atoms with van der Waals surface area (Å²) in [6.07, 6.45) is 3.77. The predicted molar refractivity (Wildman–Crippen MR) is 63.1 cm³/mol. The van der Waals surface area contributed by atoms with Gasteiger partial charge in [-0.1, -0.05) is 0 Å². The first-order chi connectivity index (χ1) is 7.11. The highest BCUT2D eigenvalue weighted by molar-refractivity contribution is 7.71. The van der Waals surface area contributed by atoms with Gasteiger partial charge in [0.25, 0.3) is 0 Å². The lowest BCUT2D eigenvalue weighted by molar-refractivity contribution is 0.330. The van der Waals surface area contributed by atoms with E-state index >= 15 is 0 Å². The van der Waals surface area contributed by atoms with Crippen molar-refractivity contribution in [3.63, 3.8) is 0 Å². The number of aryl methyl sites for hydroxylation is 1. The molecule has 2 unspecified atom stereocenters. The number of nitrogens with zero attached hydrogens (tertiary/aromatic N) is 3. The number of piperidine rings is 1. The lowest BCUT2D eigenvalue weighted by Gasteiger charge is -2.41. The molecule has 0 saturated carbocycles. The molecule has 4 nitrogen and oxygen atoms in total. The molecule has 84 valence electrons. The molecule has 1 aliphatic heterocycles. The van der Waals surface area contributed by atoms with Crippen molar-refractivity contribution in [2.45, 2.75) is 52.1 Å². The smallest absolute Gasteiger partial charge is 0.214 e. The number of aromatic nitrogens is 3. The maximum Gasteiger partial charge on any atom is 0.214 e. The molecule has 2 heterocycles. The zero-order chi connectivity index (χ0) is 11.0. The van der Waals surface area contributed by atoms with E-state index in [-0.39, 0.29) is 0 Å². The number of nitrogens with one attached hydrogen (secondary N) is 1. The van der Waals surface area contributed by atoms with Crippen LogP contribution in [0.3, 0.4) is 0 Å². The Kier molecular flexibility index (Phi) is 2.82. The van der Waals surface area contributed by atoms with E-state index in [0.29, 0.717) is 16.9 Å². The largest absolute Gasteiger partial charge is 0.303 e. The Morgan fingerprint density at radius 1 is 1.33 bits per heavy atom. The monoisotopic (exact) mass is 226 g/mol. The van der Waals surface area contributed by atoms with Gasteiger partial charge in [-0.25, -0.2) is 4.68 Å². The number of hydrogen-bond acceptors (Lipinski definition) is 3. The van der Waals surface area contributed by atoms with Gasteiger partial charge < -0.3 is 5.01 Å². The van der Waals surface area contributed by atoms with Crippen LogP contribution in [0.4, 0.5) is 0 Å². The van der Waals surface area contributed by atoms with Crippen molar-refractivity contribution in [2.75, 3.05) is 5.01 Å². The third kappa shape index (κ3) is 1.80. The van der Waals surface area contributed by atoms with Crippen LogP contribution in [0.25, 0.3) is 0 Å². The van der Waals surface area contributed by atoms with Crippen molar-refractivity contribution in [2.24, 2.45) is 0 Å². The molecule has 2 atom stereocenters. The van der Waals surface area contributed by atoms with Crippen LogP contribution in [0.15, 0.2) is 0 Å². The predicted octanol–water partition coefficient (Wildman–Crippen LogP) is 2.15. The molecule has 1 aliphatic rings. The highest BCUT2D eigenvalue weighted by atomic mass is 32.1. The molecule has 1 saturated heterocycles. The van der Waals surface area contributed by atoms with Gasteiger partial charge in [0.2, 0.25) is 4.77 Å². The van der Waals surface area contributed by atoms with Crippen LogP contribution in [0.5, 0.6) is 0 Å². The van der Waals surface area contributed by atoms with Gasteiger partial charge in [-0.05, 0) is 52.3 Å². The van der Waals surface area contributed by atoms with Crippen LogP contribution >= 0.6 is 12.2 Å². The summed E-state index contributed by atoms with van der Waals surface area (Å²) >= 11 is 5.26. The highest BCUT2D eigenvalue weighted by Gasteiger charge is 2.26. The maximum atomic E-state index is 5.26. The van der Waals surface area contributed by atoms with Crippen molar-refractivity contribution in [1.29, 1.82) is 0 Å². The van der Waals surface area contributed by atoms with Gasteiger partial charge in [0.15, 0.2) is 0 Å². The molecule has 1 aromatic heterocycles. The second-order valence-corrected chi connectivity index (χ2v) is 4.78. The first kappa shape index (κ1) is 10.7.